The van der Waals surface area contributed by atoms with Gasteiger partial charge in [0.05, 0.1) is 17.2 Å². The number of imide groups is 1. The lowest BCUT2D eigenvalue weighted by molar-refractivity contribution is -0.117. The second-order valence-electron chi connectivity index (χ2n) is 5.41. The maximum absolute atomic E-state index is 12.5. The van der Waals surface area contributed by atoms with Crippen LogP contribution in [0.25, 0.3) is 0 Å². The van der Waals surface area contributed by atoms with Gasteiger partial charge < -0.3 is 9.90 Å². The van der Waals surface area contributed by atoms with E-state index in [2.05, 4.69) is 0 Å². The lowest BCUT2D eigenvalue weighted by Crippen LogP contribution is -2.48. The summed E-state index contributed by atoms with van der Waals surface area (Å²) in [5.74, 6) is -0.958. The number of carbonyl (C=O) groups is 3. The van der Waals surface area contributed by atoms with Gasteiger partial charge >= 0.3 is 0 Å². The standard InChI is InChI=1S/C18H15NO4/c20-11-16(21)15(10-12-6-2-1-3-7-12)19-17(22)13-8-4-5-9-14(13)18(19)23/h1-9,11,15-16,21H,10H2/t15-,16+/m0/s1. The molecule has 2 aromatic carbocycles. The van der Waals surface area contributed by atoms with Gasteiger partial charge in [-0.1, -0.05) is 42.5 Å². The van der Waals surface area contributed by atoms with Crippen LogP contribution in [-0.2, 0) is 11.2 Å². The molecule has 0 aliphatic carbocycles. The van der Waals surface area contributed by atoms with Crippen molar-refractivity contribution in [2.75, 3.05) is 0 Å². The Bertz CT molecular complexity index is 722. The van der Waals surface area contributed by atoms with Crippen molar-refractivity contribution in [2.24, 2.45) is 0 Å². The van der Waals surface area contributed by atoms with E-state index in [4.69, 9.17) is 0 Å². The van der Waals surface area contributed by atoms with Gasteiger partial charge in [0.1, 0.15) is 6.10 Å². The van der Waals surface area contributed by atoms with Crippen LogP contribution >= 0.6 is 0 Å². The molecule has 0 spiro atoms. The summed E-state index contributed by atoms with van der Waals surface area (Å²) in [5.41, 5.74) is 1.43. The number of fused-ring (bicyclic) bond motifs is 1. The molecule has 1 N–H and O–H groups in total. The van der Waals surface area contributed by atoms with Crippen molar-refractivity contribution in [3.63, 3.8) is 0 Å². The molecule has 2 amide bonds. The maximum atomic E-state index is 12.5. The van der Waals surface area contributed by atoms with Gasteiger partial charge in [-0.05, 0) is 24.1 Å². The third kappa shape index (κ3) is 2.66. The average Bonchev–Trinajstić information content (AvgIpc) is 2.85. The minimum Gasteiger partial charge on any atom is -0.383 e. The molecule has 2 atom stereocenters. The van der Waals surface area contributed by atoms with E-state index in [0.717, 1.165) is 10.5 Å². The first kappa shape index (κ1) is 15.1. The molecule has 23 heavy (non-hydrogen) atoms. The molecule has 2 aromatic rings. The molecule has 3 rings (SSSR count). The van der Waals surface area contributed by atoms with Gasteiger partial charge in [0, 0.05) is 0 Å². The highest BCUT2D eigenvalue weighted by Crippen LogP contribution is 2.26. The fourth-order valence-corrected chi connectivity index (χ4v) is 2.82. The van der Waals surface area contributed by atoms with Gasteiger partial charge in [-0.15, -0.1) is 0 Å². The average molecular weight is 309 g/mol. The zero-order chi connectivity index (χ0) is 16.4. The normalized spacial score (nSPS) is 16.1. The predicted octanol–water partition coefficient (Wildman–Crippen LogP) is 1.45. The molecular formula is C18H15NO4. The number of rotatable bonds is 5. The van der Waals surface area contributed by atoms with Gasteiger partial charge in [-0.3, -0.25) is 14.5 Å². The number of carbonyl (C=O) groups excluding carboxylic acids is 3. The highest BCUT2D eigenvalue weighted by atomic mass is 16.3. The van der Waals surface area contributed by atoms with Crippen LogP contribution in [0, 0.1) is 0 Å². The SMILES string of the molecule is O=C[C@@H](O)[C@H](Cc1ccccc1)N1C(=O)c2ccccc2C1=O. The van der Waals surface area contributed by atoms with E-state index in [1.54, 1.807) is 24.3 Å². The number of aldehydes is 1. The fourth-order valence-electron chi connectivity index (χ4n) is 2.82. The molecule has 0 aromatic heterocycles. The quantitative estimate of drug-likeness (QED) is 0.670. The first-order valence-corrected chi connectivity index (χ1v) is 7.27. The number of amides is 2. The van der Waals surface area contributed by atoms with Crippen LogP contribution in [0.1, 0.15) is 26.3 Å². The highest BCUT2D eigenvalue weighted by molar-refractivity contribution is 6.21. The Labute approximate surface area is 133 Å². The third-order valence-corrected chi connectivity index (χ3v) is 3.98. The minimum atomic E-state index is -1.43. The first-order valence-electron chi connectivity index (χ1n) is 7.27. The first-order chi connectivity index (χ1) is 11.1. The Hall–Kier alpha value is -2.79. The van der Waals surface area contributed by atoms with E-state index < -0.39 is 24.0 Å². The molecular weight excluding hydrogens is 294 g/mol. The monoisotopic (exact) mass is 309 g/mol. The molecule has 0 saturated carbocycles. The van der Waals surface area contributed by atoms with Crippen LogP contribution in [0.5, 0.6) is 0 Å². The summed E-state index contributed by atoms with van der Waals surface area (Å²) in [5, 5.41) is 10.0. The van der Waals surface area contributed by atoms with Gasteiger partial charge in [0.15, 0.2) is 6.29 Å². The summed E-state index contributed by atoms with van der Waals surface area (Å²) in [6, 6.07) is 14.7. The van der Waals surface area contributed by atoms with Gasteiger partial charge in [-0.2, -0.15) is 0 Å². The second-order valence-corrected chi connectivity index (χ2v) is 5.41. The Morgan fingerprint density at radius 1 is 0.913 bits per heavy atom. The number of aliphatic hydroxyl groups is 1. The zero-order valence-electron chi connectivity index (χ0n) is 12.3. The van der Waals surface area contributed by atoms with E-state index in [0.29, 0.717) is 17.4 Å². The number of aliphatic hydroxyl groups excluding tert-OH is 1. The molecule has 1 heterocycles. The Kier molecular flexibility index (Phi) is 4.04. The van der Waals surface area contributed by atoms with E-state index in [9.17, 15) is 19.5 Å². The Balaban J connectivity index is 1.97. The smallest absolute Gasteiger partial charge is 0.261 e. The van der Waals surface area contributed by atoms with E-state index in [1.807, 2.05) is 30.3 Å². The molecule has 1 aliphatic rings. The van der Waals surface area contributed by atoms with Crippen LogP contribution in [-0.4, -0.2) is 40.3 Å². The zero-order valence-corrected chi connectivity index (χ0v) is 12.3. The molecule has 5 nitrogen and oxygen atoms in total. The van der Waals surface area contributed by atoms with Crippen LogP contribution < -0.4 is 0 Å². The van der Waals surface area contributed by atoms with Gasteiger partial charge in [0.25, 0.3) is 11.8 Å². The third-order valence-electron chi connectivity index (χ3n) is 3.98. The van der Waals surface area contributed by atoms with Crippen molar-refractivity contribution >= 4 is 18.1 Å². The molecule has 0 unspecified atom stereocenters. The topological polar surface area (TPSA) is 74.7 Å². The van der Waals surface area contributed by atoms with Crippen molar-refractivity contribution in [3.05, 3.63) is 71.3 Å². The number of benzene rings is 2. The Morgan fingerprint density at radius 3 is 1.96 bits per heavy atom. The van der Waals surface area contributed by atoms with E-state index >= 15 is 0 Å². The van der Waals surface area contributed by atoms with Crippen molar-refractivity contribution in [2.45, 2.75) is 18.6 Å². The fraction of sp³-hybridized carbons (Fsp3) is 0.167. The molecule has 1 aliphatic heterocycles. The Morgan fingerprint density at radius 2 is 1.43 bits per heavy atom. The summed E-state index contributed by atoms with van der Waals surface area (Å²) in [6.45, 7) is 0. The van der Waals surface area contributed by atoms with Crippen LogP contribution in [0.3, 0.4) is 0 Å². The van der Waals surface area contributed by atoms with Crippen LogP contribution in [0.4, 0.5) is 0 Å². The second kappa shape index (κ2) is 6.14. The molecule has 0 bridgehead atoms. The van der Waals surface area contributed by atoms with Crippen molar-refractivity contribution in [1.29, 1.82) is 0 Å². The van der Waals surface area contributed by atoms with E-state index in [-0.39, 0.29) is 6.42 Å². The summed E-state index contributed by atoms with van der Waals surface area (Å²) in [7, 11) is 0. The van der Waals surface area contributed by atoms with Crippen LogP contribution in [0.15, 0.2) is 54.6 Å². The lowest BCUT2D eigenvalue weighted by atomic mass is 10.0. The molecule has 0 radical (unpaired) electrons. The summed E-state index contributed by atoms with van der Waals surface area (Å²) in [6.07, 6.45) is -0.860. The summed E-state index contributed by atoms with van der Waals surface area (Å²) < 4.78 is 0. The van der Waals surface area contributed by atoms with Crippen molar-refractivity contribution in [1.82, 2.24) is 4.90 Å². The van der Waals surface area contributed by atoms with E-state index in [1.165, 1.54) is 0 Å². The summed E-state index contributed by atoms with van der Waals surface area (Å²) in [4.78, 5) is 37.2. The van der Waals surface area contributed by atoms with Crippen LogP contribution in [0.2, 0.25) is 0 Å². The van der Waals surface area contributed by atoms with Gasteiger partial charge in [-0.25, -0.2) is 0 Å². The molecule has 0 fully saturated rings. The number of hydrogen-bond acceptors (Lipinski definition) is 4. The maximum Gasteiger partial charge on any atom is 0.261 e. The van der Waals surface area contributed by atoms with Crippen molar-refractivity contribution < 1.29 is 19.5 Å². The van der Waals surface area contributed by atoms with Gasteiger partial charge in [0.2, 0.25) is 0 Å². The molecule has 0 saturated heterocycles. The lowest BCUT2D eigenvalue weighted by Gasteiger charge is -2.28. The van der Waals surface area contributed by atoms with Crippen molar-refractivity contribution in [3.8, 4) is 0 Å². The minimum absolute atomic E-state index is 0.214. The number of nitrogens with zero attached hydrogens (tertiary/aromatic N) is 1. The molecule has 116 valence electrons. The molecule has 5 heteroatoms. The summed E-state index contributed by atoms with van der Waals surface area (Å²) >= 11 is 0. The number of hydrogen-bond donors (Lipinski definition) is 1. The largest absolute Gasteiger partial charge is 0.383 e. The predicted molar refractivity (Wildman–Crippen MR) is 82.9 cm³/mol. The highest BCUT2D eigenvalue weighted by Gasteiger charge is 2.42.